The minimum atomic E-state index is -4.23. The monoisotopic (exact) mass is 505 g/mol. The van der Waals surface area contributed by atoms with Gasteiger partial charge in [0.25, 0.3) is 0 Å². The van der Waals surface area contributed by atoms with Crippen molar-refractivity contribution in [1.29, 1.82) is 0 Å². The van der Waals surface area contributed by atoms with Crippen LogP contribution in [0.3, 0.4) is 0 Å². The molecule has 12 heteroatoms. The summed E-state index contributed by atoms with van der Waals surface area (Å²) in [7, 11) is -1.05. The topological polar surface area (TPSA) is 146 Å². The van der Waals surface area contributed by atoms with Crippen LogP contribution in [-0.2, 0) is 18.9 Å². The minimum absolute atomic E-state index is 0.0264. The molecule has 9 nitrogen and oxygen atoms in total. The number of Topliss-reactive ketones (excluding diaryl/α,β-unsaturated/α-hetero) is 1. The molecule has 0 aliphatic heterocycles. The maximum Gasteiger partial charge on any atom is 0.325 e. The van der Waals surface area contributed by atoms with Crippen LogP contribution in [0.5, 0.6) is 0 Å². The lowest BCUT2D eigenvalue weighted by molar-refractivity contribution is -0.129. The Labute approximate surface area is 196 Å². The number of unbranched alkanes of at least 4 members (excludes halogenated alkanes) is 1. The number of carbonyl (C=O) groups is 3. The Balaban J connectivity index is 2.16. The molecule has 1 heterocycles. The van der Waals surface area contributed by atoms with E-state index in [2.05, 4.69) is 15.6 Å². The Hall–Kier alpha value is -1.39. The van der Waals surface area contributed by atoms with Gasteiger partial charge in [-0.25, -0.2) is 4.98 Å². The van der Waals surface area contributed by atoms with E-state index in [1.807, 2.05) is 18.2 Å². The van der Waals surface area contributed by atoms with Crippen molar-refractivity contribution in [3.05, 3.63) is 24.4 Å². The van der Waals surface area contributed by atoms with Crippen molar-refractivity contribution >= 4 is 46.8 Å². The van der Waals surface area contributed by atoms with Gasteiger partial charge in [-0.05, 0) is 42.2 Å². The van der Waals surface area contributed by atoms with E-state index in [9.17, 15) is 18.9 Å². The van der Waals surface area contributed by atoms with Gasteiger partial charge in [-0.1, -0.05) is 23.8 Å². The van der Waals surface area contributed by atoms with Crippen molar-refractivity contribution in [2.75, 3.05) is 25.0 Å². The van der Waals surface area contributed by atoms with Crippen LogP contribution < -0.4 is 10.6 Å². The first kappa shape index (κ1) is 28.6. The Morgan fingerprint density at radius 2 is 1.94 bits per heavy atom. The predicted molar refractivity (Wildman–Crippen MR) is 127 cm³/mol. The molecule has 1 rings (SSSR count). The summed E-state index contributed by atoms with van der Waals surface area (Å²) in [4.78, 5) is 58.1. The highest BCUT2D eigenvalue weighted by Gasteiger charge is 2.24. The van der Waals surface area contributed by atoms with Crippen LogP contribution in [0.4, 0.5) is 0 Å². The molecule has 0 fully saturated rings. The molecule has 32 heavy (non-hydrogen) atoms. The van der Waals surface area contributed by atoms with Crippen LogP contribution in [-0.4, -0.2) is 57.4 Å². The van der Waals surface area contributed by atoms with E-state index >= 15 is 0 Å². The van der Waals surface area contributed by atoms with Crippen molar-refractivity contribution < 1.29 is 28.7 Å². The third-order valence-corrected chi connectivity index (χ3v) is 7.54. The van der Waals surface area contributed by atoms with Gasteiger partial charge in [-0.15, -0.1) is 0 Å². The molecule has 2 amide bonds. The molecular weight excluding hydrogens is 473 g/mol. The lowest BCUT2D eigenvalue weighted by Crippen LogP contribution is -2.33. The molecule has 0 saturated carbocycles. The van der Waals surface area contributed by atoms with Gasteiger partial charge in [0, 0.05) is 50.2 Å². The molecule has 1 unspecified atom stereocenters. The first-order chi connectivity index (χ1) is 15.2. The maximum absolute atomic E-state index is 12.3. The number of amides is 2. The third-order valence-electron chi connectivity index (χ3n) is 4.43. The first-order valence-corrected chi connectivity index (χ1v) is 14.6. The van der Waals surface area contributed by atoms with Gasteiger partial charge in [-0.2, -0.15) is 0 Å². The molecular formula is C20H32N3O6PS2. The number of hydrogen-bond acceptors (Lipinski definition) is 7. The third kappa shape index (κ3) is 14.6. The number of rotatable bonds is 17. The van der Waals surface area contributed by atoms with Crippen molar-refractivity contribution in [1.82, 2.24) is 15.6 Å². The maximum atomic E-state index is 12.3. The summed E-state index contributed by atoms with van der Waals surface area (Å²) in [6.45, 7) is 2.59. The molecule has 0 bridgehead atoms. The van der Waals surface area contributed by atoms with Crippen LogP contribution in [0.15, 0.2) is 29.4 Å². The molecule has 0 radical (unpaired) electrons. The average Bonchev–Trinajstić information content (AvgIpc) is 2.75. The average molecular weight is 506 g/mol. The summed E-state index contributed by atoms with van der Waals surface area (Å²) in [6.07, 6.45) is 3.06. The van der Waals surface area contributed by atoms with Gasteiger partial charge in [0.1, 0.15) is 10.8 Å². The highest BCUT2D eigenvalue weighted by Crippen LogP contribution is 2.36. The van der Waals surface area contributed by atoms with Crippen molar-refractivity contribution in [3.63, 3.8) is 0 Å². The molecule has 4 N–H and O–H groups in total. The number of aromatic nitrogens is 1. The van der Waals surface area contributed by atoms with E-state index in [4.69, 9.17) is 9.79 Å². The van der Waals surface area contributed by atoms with Gasteiger partial charge in [0.15, 0.2) is 0 Å². The fourth-order valence-electron chi connectivity index (χ4n) is 2.65. The summed E-state index contributed by atoms with van der Waals surface area (Å²) in [6, 6.07) is 5.71. The number of pyridine rings is 1. The molecule has 1 atom stereocenters. The second kappa shape index (κ2) is 16.3. The van der Waals surface area contributed by atoms with Crippen molar-refractivity contribution in [2.24, 2.45) is 5.92 Å². The van der Waals surface area contributed by atoms with Crippen LogP contribution in [0.2, 0.25) is 0 Å². The first-order valence-electron chi connectivity index (χ1n) is 10.5. The van der Waals surface area contributed by atoms with E-state index in [0.29, 0.717) is 32.4 Å². The van der Waals surface area contributed by atoms with Gasteiger partial charge < -0.3 is 20.4 Å². The minimum Gasteiger partial charge on any atom is -0.356 e. The molecule has 1 aromatic rings. The molecule has 0 aliphatic carbocycles. The van der Waals surface area contributed by atoms with Crippen LogP contribution in [0.1, 0.15) is 45.4 Å². The largest absolute Gasteiger partial charge is 0.356 e. The summed E-state index contributed by atoms with van der Waals surface area (Å²) in [5.41, 5.74) is 0. The summed E-state index contributed by atoms with van der Waals surface area (Å²) in [5.74, 6) is -0.542. The van der Waals surface area contributed by atoms with E-state index < -0.39 is 19.7 Å². The number of nitrogens with zero attached hydrogens (tertiary/aromatic N) is 1. The fraction of sp³-hybridized carbons (Fsp3) is 0.600. The highest BCUT2D eigenvalue weighted by atomic mass is 33.1. The van der Waals surface area contributed by atoms with Gasteiger partial charge in [0.2, 0.25) is 11.8 Å². The standard InChI is InChI=1S/C20H32N3O6PS2/c1-2-17(24)15-16(9-13-30(27,28)29)20(26)23-11-5-3-7-18(25)21-12-14-31-32-19-8-4-6-10-22-19/h4,6,8,10,16H,2-3,5,7,9,11-15H2,1H3,(H,21,25)(H,23,26)(H2,27,28,29). The van der Waals surface area contributed by atoms with E-state index in [-0.39, 0.29) is 36.9 Å². The molecule has 180 valence electrons. The number of carbonyl (C=O) groups excluding carboxylic acids is 3. The lowest BCUT2D eigenvalue weighted by Gasteiger charge is -2.16. The number of hydrogen-bond donors (Lipinski definition) is 4. The van der Waals surface area contributed by atoms with Crippen molar-refractivity contribution in [3.8, 4) is 0 Å². The molecule has 0 spiro atoms. The lowest BCUT2D eigenvalue weighted by atomic mass is 9.97. The second-order valence-corrected chi connectivity index (χ2v) is 11.4. The predicted octanol–water partition coefficient (Wildman–Crippen LogP) is 2.78. The molecule has 0 aliphatic rings. The van der Waals surface area contributed by atoms with Crippen LogP contribution >= 0.6 is 29.2 Å². The molecule has 0 saturated heterocycles. The second-order valence-electron chi connectivity index (χ2n) is 7.14. The smallest absolute Gasteiger partial charge is 0.325 e. The van der Waals surface area contributed by atoms with Crippen molar-refractivity contribution in [2.45, 2.75) is 50.5 Å². The zero-order valence-electron chi connectivity index (χ0n) is 18.2. The zero-order valence-corrected chi connectivity index (χ0v) is 20.7. The Morgan fingerprint density at radius 1 is 1.16 bits per heavy atom. The van der Waals surface area contributed by atoms with Crippen LogP contribution in [0.25, 0.3) is 0 Å². The summed E-state index contributed by atoms with van der Waals surface area (Å²) < 4.78 is 11.1. The highest BCUT2D eigenvalue weighted by molar-refractivity contribution is 8.76. The Kier molecular flexibility index (Phi) is 14.6. The Morgan fingerprint density at radius 3 is 2.59 bits per heavy atom. The zero-order chi connectivity index (χ0) is 23.8. The Bertz CT molecular complexity index is 763. The normalized spacial score (nSPS) is 12.2. The van der Waals surface area contributed by atoms with E-state index in [1.54, 1.807) is 34.7 Å². The fourth-order valence-corrected chi connectivity index (χ4v) is 5.09. The quantitative estimate of drug-likeness (QED) is 0.143. The van der Waals surface area contributed by atoms with Gasteiger partial charge in [0.05, 0.1) is 6.16 Å². The van der Waals surface area contributed by atoms with Gasteiger partial charge >= 0.3 is 7.60 Å². The molecule has 0 aromatic carbocycles. The van der Waals surface area contributed by atoms with E-state index in [0.717, 1.165) is 10.8 Å². The SMILES string of the molecule is CCC(=O)CC(CCP(=O)(O)O)C(=O)NCCCCC(=O)NCCSSc1ccccn1. The van der Waals surface area contributed by atoms with Gasteiger partial charge in [-0.3, -0.25) is 18.9 Å². The molecule has 1 aromatic heterocycles. The summed E-state index contributed by atoms with van der Waals surface area (Å²) >= 11 is 0. The van der Waals surface area contributed by atoms with Crippen LogP contribution in [0, 0.1) is 5.92 Å². The number of nitrogens with one attached hydrogen (secondary N) is 2. The van der Waals surface area contributed by atoms with E-state index in [1.165, 1.54) is 0 Å². The number of ketones is 1. The summed E-state index contributed by atoms with van der Waals surface area (Å²) in [5, 5.41) is 6.49.